The van der Waals surface area contributed by atoms with Crippen LogP contribution in [0, 0.1) is 5.82 Å². The van der Waals surface area contributed by atoms with Gasteiger partial charge >= 0.3 is 0 Å². The average Bonchev–Trinajstić information content (AvgIpc) is 3.30. The first-order valence-electron chi connectivity index (χ1n) is 10.9. The van der Waals surface area contributed by atoms with Gasteiger partial charge in [-0.25, -0.2) is 4.39 Å². The summed E-state index contributed by atoms with van der Waals surface area (Å²) in [7, 11) is 1.62. The maximum absolute atomic E-state index is 13.6. The molecule has 0 saturated heterocycles. The van der Waals surface area contributed by atoms with Gasteiger partial charge in [-0.2, -0.15) is 0 Å². The number of carbonyl (C=O) groups is 1. The zero-order valence-corrected chi connectivity index (χ0v) is 19.8. The third-order valence-corrected chi connectivity index (χ3v) is 6.21. The lowest BCUT2D eigenvalue weighted by atomic mass is 10.2. The molecule has 34 heavy (non-hydrogen) atoms. The van der Waals surface area contributed by atoms with Crippen LogP contribution in [0.3, 0.4) is 0 Å². The van der Waals surface area contributed by atoms with Gasteiger partial charge in [0.1, 0.15) is 11.6 Å². The van der Waals surface area contributed by atoms with Crippen molar-refractivity contribution in [3.05, 3.63) is 90.2 Å². The Hall–Kier alpha value is -3.65. The zero-order chi connectivity index (χ0) is 23.9. The molecule has 0 bridgehead atoms. The van der Waals surface area contributed by atoms with E-state index < -0.39 is 0 Å². The van der Waals surface area contributed by atoms with Gasteiger partial charge in [0.25, 0.3) is 0 Å². The number of thioether (sulfide) groups is 1. The highest BCUT2D eigenvalue weighted by molar-refractivity contribution is 7.99. The Morgan fingerprint density at radius 3 is 2.56 bits per heavy atom. The van der Waals surface area contributed by atoms with E-state index in [1.54, 1.807) is 18.1 Å². The summed E-state index contributed by atoms with van der Waals surface area (Å²) >= 11 is 1.33. The van der Waals surface area contributed by atoms with Crippen LogP contribution >= 0.6 is 11.8 Å². The first-order chi connectivity index (χ1) is 16.6. The predicted octanol–water partition coefficient (Wildman–Crippen LogP) is 5.22. The highest BCUT2D eigenvalue weighted by Crippen LogP contribution is 2.30. The number of hydrogen-bond donors (Lipinski definition) is 0. The molecule has 0 aliphatic heterocycles. The van der Waals surface area contributed by atoms with Crippen LogP contribution in [0.2, 0.25) is 0 Å². The van der Waals surface area contributed by atoms with Crippen molar-refractivity contribution in [2.75, 3.05) is 19.4 Å². The molecule has 4 aromatic rings. The Balaban J connectivity index is 1.58. The minimum absolute atomic E-state index is 0.0534. The van der Waals surface area contributed by atoms with Gasteiger partial charge in [-0.05, 0) is 48.9 Å². The Bertz CT molecular complexity index is 1260. The summed E-state index contributed by atoms with van der Waals surface area (Å²) in [5.74, 6) is 1.21. The minimum atomic E-state index is -0.309. The Kier molecular flexibility index (Phi) is 7.59. The number of carbonyl (C=O) groups excluding carboxylic acids is 1. The van der Waals surface area contributed by atoms with Crippen molar-refractivity contribution in [2.24, 2.45) is 0 Å². The van der Waals surface area contributed by atoms with E-state index in [-0.39, 0.29) is 17.5 Å². The summed E-state index contributed by atoms with van der Waals surface area (Å²) in [6.07, 6.45) is 0. The summed E-state index contributed by atoms with van der Waals surface area (Å²) in [6.45, 7) is 2.79. The largest absolute Gasteiger partial charge is 0.497 e. The fraction of sp³-hybridized carbons (Fsp3) is 0.192. The van der Waals surface area contributed by atoms with Gasteiger partial charge in [0.05, 0.1) is 12.9 Å². The number of amides is 1. The second-order valence-electron chi connectivity index (χ2n) is 7.54. The molecule has 1 aromatic heterocycles. The number of methoxy groups -OCH3 is 1. The topological polar surface area (TPSA) is 60.3 Å². The molecular weight excluding hydrogens is 451 g/mol. The average molecular weight is 477 g/mol. The molecule has 6 nitrogen and oxygen atoms in total. The standard InChI is InChI=1S/C26H25FN4O2S/c1-3-30(17-19-9-7-11-21(27)15-19)24(32)18-34-26-29-28-25(20-10-8-14-23(16-20)33-2)31(26)22-12-5-4-6-13-22/h4-16H,3,17-18H2,1-2H3. The smallest absolute Gasteiger partial charge is 0.233 e. The lowest BCUT2D eigenvalue weighted by Gasteiger charge is -2.21. The summed E-state index contributed by atoms with van der Waals surface area (Å²) in [4.78, 5) is 14.7. The fourth-order valence-electron chi connectivity index (χ4n) is 3.57. The summed E-state index contributed by atoms with van der Waals surface area (Å²) < 4.78 is 20.9. The van der Waals surface area contributed by atoms with E-state index in [2.05, 4.69) is 10.2 Å². The lowest BCUT2D eigenvalue weighted by Crippen LogP contribution is -2.31. The molecule has 3 aromatic carbocycles. The highest BCUT2D eigenvalue weighted by atomic mass is 32.2. The molecule has 0 saturated carbocycles. The van der Waals surface area contributed by atoms with Crippen molar-refractivity contribution in [3.63, 3.8) is 0 Å². The second kappa shape index (κ2) is 11.0. The maximum atomic E-state index is 13.6. The van der Waals surface area contributed by atoms with Crippen LogP contribution in [0.1, 0.15) is 12.5 Å². The molecule has 0 fully saturated rings. The van der Waals surface area contributed by atoms with E-state index in [1.807, 2.05) is 72.2 Å². The minimum Gasteiger partial charge on any atom is -0.497 e. The van der Waals surface area contributed by atoms with Crippen LogP contribution in [-0.2, 0) is 11.3 Å². The van der Waals surface area contributed by atoms with Gasteiger partial charge < -0.3 is 9.64 Å². The number of rotatable bonds is 9. The van der Waals surface area contributed by atoms with Crippen molar-refractivity contribution < 1.29 is 13.9 Å². The maximum Gasteiger partial charge on any atom is 0.233 e. The van der Waals surface area contributed by atoms with Crippen LogP contribution in [0.25, 0.3) is 17.1 Å². The molecule has 0 unspecified atom stereocenters. The van der Waals surface area contributed by atoms with Crippen molar-refractivity contribution in [3.8, 4) is 22.8 Å². The normalized spacial score (nSPS) is 10.8. The van der Waals surface area contributed by atoms with E-state index in [4.69, 9.17) is 4.74 Å². The molecule has 1 amide bonds. The van der Waals surface area contributed by atoms with Crippen LogP contribution in [-0.4, -0.2) is 45.0 Å². The first kappa shape index (κ1) is 23.5. The molecule has 174 valence electrons. The Morgan fingerprint density at radius 1 is 1.03 bits per heavy atom. The second-order valence-corrected chi connectivity index (χ2v) is 8.48. The lowest BCUT2D eigenvalue weighted by molar-refractivity contribution is -0.128. The van der Waals surface area contributed by atoms with Gasteiger partial charge in [0.2, 0.25) is 5.91 Å². The SMILES string of the molecule is CCN(Cc1cccc(F)c1)C(=O)CSc1nnc(-c2cccc(OC)c2)n1-c1ccccc1. The van der Waals surface area contributed by atoms with Crippen LogP contribution in [0.5, 0.6) is 5.75 Å². The molecule has 0 radical (unpaired) electrons. The van der Waals surface area contributed by atoms with E-state index in [9.17, 15) is 9.18 Å². The summed E-state index contributed by atoms with van der Waals surface area (Å²) in [6, 6.07) is 23.7. The molecule has 0 aliphatic carbocycles. The Morgan fingerprint density at radius 2 is 1.82 bits per heavy atom. The number of aromatic nitrogens is 3. The van der Waals surface area contributed by atoms with Crippen molar-refractivity contribution in [2.45, 2.75) is 18.6 Å². The molecule has 1 heterocycles. The van der Waals surface area contributed by atoms with Gasteiger partial charge in [0.15, 0.2) is 11.0 Å². The Labute approximate surface area is 202 Å². The van der Waals surface area contributed by atoms with Gasteiger partial charge in [-0.3, -0.25) is 9.36 Å². The fourth-order valence-corrected chi connectivity index (χ4v) is 4.43. The van der Waals surface area contributed by atoms with E-state index >= 15 is 0 Å². The number of para-hydroxylation sites is 1. The molecule has 4 rings (SSSR count). The number of ether oxygens (including phenoxy) is 1. The van der Waals surface area contributed by atoms with E-state index in [0.29, 0.717) is 24.1 Å². The summed E-state index contributed by atoms with van der Waals surface area (Å²) in [5, 5.41) is 9.43. The molecular formula is C26H25FN4O2S. The molecule has 8 heteroatoms. The molecule has 0 atom stereocenters. The van der Waals surface area contributed by atoms with Crippen molar-refractivity contribution in [1.82, 2.24) is 19.7 Å². The first-order valence-corrected chi connectivity index (χ1v) is 11.9. The van der Waals surface area contributed by atoms with Crippen LogP contribution in [0.4, 0.5) is 4.39 Å². The predicted molar refractivity (Wildman–Crippen MR) is 132 cm³/mol. The van der Waals surface area contributed by atoms with Gasteiger partial charge in [0, 0.05) is 24.3 Å². The summed E-state index contributed by atoms with van der Waals surface area (Å²) in [5.41, 5.74) is 2.51. The number of benzene rings is 3. The highest BCUT2D eigenvalue weighted by Gasteiger charge is 2.19. The molecule has 0 aliphatic rings. The molecule has 0 spiro atoms. The van der Waals surface area contributed by atoms with Crippen molar-refractivity contribution in [1.29, 1.82) is 0 Å². The number of hydrogen-bond acceptors (Lipinski definition) is 5. The van der Waals surface area contributed by atoms with E-state index in [1.165, 1.54) is 23.9 Å². The third kappa shape index (κ3) is 5.46. The zero-order valence-electron chi connectivity index (χ0n) is 19.0. The number of halogens is 1. The third-order valence-electron chi connectivity index (χ3n) is 5.30. The van der Waals surface area contributed by atoms with Gasteiger partial charge in [-0.1, -0.05) is 54.2 Å². The van der Waals surface area contributed by atoms with Crippen LogP contribution in [0.15, 0.2) is 84.0 Å². The van der Waals surface area contributed by atoms with Crippen molar-refractivity contribution >= 4 is 17.7 Å². The van der Waals surface area contributed by atoms with E-state index in [0.717, 1.165) is 22.6 Å². The quantitative estimate of drug-likeness (QED) is 0.310. The monoisotopic (exact) mass is 476 g/mol. The van der Waals surface area contributed by atoms with Crippen LogP contribution < -0.4 is 4.74 Å². The number of nitrogens with zero attached hydrogens (tertiary/aromatic N) is 4. The van der Waals surface area contributed by atoms with Gasteiger partial charge in [-0.15, -0.1) is 10.2 Å². The molecule has 0 N–H and O–H groups in total.